The van der Waals surface area contributed by atoms with E-state index >= 15 is 0 Å². The Balaban J connectivity index is 1.28. The fraction of sp³-hybridized carbons (Fsp3) is 0.556. The standard InChI is InChI=1S/C27H35N5O3S/c1-31-9-8-18(16-31)29-24-15-21(35-20-5-3-19(4-6-20)32-10-12-34-13-11-32)26-25-17(14-23(28)33)2-7-22(25)36-27(26)30-24/h8-9,15-17,19-20H,2-7,10-14H2,1H3,(H2,28,33)(H,29,30)/t17-,19-,20-/m1/s1. The van der Waals surface area contributed by atoms with Gasteiger partial charge in [-0.15, -0.1) is 11.3 Å². The molecule has 3 aromatic heterocycles. The number of hydrogen-bond acceptors (Lipinski definition) is 7. The molecule has 8 nitrogen and oxygen atoms in total. The lowest BCUT2D eigenvalue weighted by Gasteiger charge is -2.38. The second kappa shape index (κ2) is 10.0. The maximum Gasteiger partial charge on any atom is 0.218 e. The van der Waals surface area contributed by atoms with Crippen LogP contribution < -0.4 is 15.8 Å². The number of ether oxygens (including phenoxy) is 2. The summed E-state index contributed by atoms with van der Waals surface area (Å²) in [4.78, 5) is 21.7. The summed E-state index contributed by atoms with van der Waals surface area (Å²) in [5, 5.41) is 4.55. The van der Waals surface area contributed by atoms with Crippen LogP contribution in [-0.4, -0.2) is 58.8 Å². The van der Waals surface area contributed by atoms with Gasteiger partial charge in [-0.1, -0.05) is 0 Å². The Kier molecular flexibility index (Phi) is 6.62. The van der Waals surface area contributed by atoms with Crippen LogP contribution in [0.2, 0.25) is 0 Å². The molecule has 1 amide bonds. The fourth-order valence-electron chi connectivity index (χ4n) is 6.18. The van der Waals surface area contributed by atoms with Gasteiger partial charge in [0.25, 0.3) is 0 Å². The van der Waals surface area contributed by atoms with Crippen LogP contribution in [0.4, 0.5) is 11.5 Å². The molecule has 6 rings (SSSR count). The zero-order chi connectivity index (χ0) is 24.6. The Labute approximate surface area is 215 Å². The van der Waals surface area contributed by atoms with Gasteiger partial charge in [0.1, 0.15) is 16.4 Å². The van der Waals surface area contributed by atoms with Crippen molar-refractivity contribution in [2.75, 3.05) is 31.6 Å². The molecule has 2 aliphatic carbocycles. The number of amides is 1. The fourth-order valence-corrected chi connectivity index (χ4v) is 7.47. The van der Waals surface area contributed by atoms with Crippen LogP contribution in [0.15, 0.2) is 24.5 Å². The van der Waals surface area contributed by atoms with Gasteiger partial charge in [-0.2, -0.15) is 0 Å². The van der Waals surface area contributed by atoms with E-state index in [9.17, 15) is 4.79 Å². The van der Waals surface area contributed by atoms with E-state index in [0.717, 1.165) is 92.3 Å². The normalized spacial score (nSPS) is 24.6. The number of carbonyl (C=O) groups excluding carboxylic acids is 1. The maximum atomic E-state index is 11.8. The molecule has 0 radical (unpaired) electrons. The first-order valence-electron chi connectivity index (χ1n) is 13.2. The number of pyridine rings is 1. The Morgan fingerprint density at radius 1 is 1.25 bits per heavy atom. The van der Waals surface area contributed by atoms with E-state index < -0.39 is 0 Å². The van der Waals surface area contributed by atoms with E-state index in [2.05, 4.69) is 16.3 Å². The molecule has 4 heterocycles. The summed E-state index contributed by atoms with van der Waals surface area (Å²) in [6.45, 7) is 3.77. The molecule has 0 bridgehead atoms. The average molecular weight is 510 g/mol. The minimum atomic E-state index is -0.244. The van der Waals surface area contributed by atoms with Gasteiger partial charge in [-0.05, 0) is 56.1 Å². The third kappa shape index (κ3) is 4.84. The number of aromatic nitrogens is 2. The summed E-state index contributed by atoms with van der Waals surface area (Å²) in [6, 6.07) is 4.72. The van der Waals surface area contributed by atoms with Crippen molar-refractivity contribution in [3.8, 4) is 5.75 Å². The second-order valence-electron chi connectivity index (χ2n) is 10.4. The smallest absolute Gasteiger partial charge is 0.218 e. The number of thiophene rings is 1. The van der Waals surface area contributed by atoms with Gasteiger partial charge in [0.05, 0.1) is 30.4 Å². The number of nitrogens with zero attached hydrogens (tertiary/aromatic N) is 3. The number of nitrogens with two attached hydrogens (primary N) is 1. The monoisotopic (exact) mass is 509 g/mol. The molecule has 3 aliphatic rings. The van der Waals surface area contributed by atoms with Crippen molar-refractivity contribution >= 4 is 39.0 Å². The number of hydrogen-bond donors (Lipinski definition) is 2. The first-order chi connectivity index (χ1) is 17.5. The number of morpholine rings is 1. The molecule has 0 unspecified atom stereocenters. The quantitative estimate of drug-likeness (QED) is 0.493. The van der Waals surface area contributed by atoms with E-state index in [1.807, 2.05) is 30.1 Å². The van der Waals surface area contributed by atoms with Gasteiger partial charge in [0.15, 0.2) is 0 Å². The summed E-state index contributed by atoms with van der Waals surface area (Å²) in [5.74, 6) is 1.59. The zero-order valence-electron chi connectivity index (χ0n) is 20.9. The third-order valence-electron chi connectivity index (χ3n) is 7.92. The summed E-state index contributed by atoms with van der Waals surface area (Å²) in [5.41, 5.74) is 7.85. The number of fused-ring (bicyclic) bond motifs is 3. The van der Waals surface area contributed by atoms with E-state index in [-0.39, 0.29) is 17.9 Å². The molecule has 9 heteroatoms. The third-order valence-corrected chi connectivity index (χ3v) is 9.08. The lowest BCUT2D eigenvalue weighted by Crippen LogP contribution is -2.46. The Bertz CT molecular complexity index is 1240. The van der Waals surface area contributed by atoms with Gasteiger partial charge in [0.2, 0.25) is 5.91 Å². The SMILES string of the molecule is Cn1ccc(Nc2cc(O[C@H]3CC[C@H](N4CCOCC4)CC3)c3c4c(sc3n2)CC[C@@H]4CC(N)=O)c1. The minimum Gasteiger partial charge on any atom is -0.490 e. The van der Waals surface area contributed by atoms with Crippen molar-refractivity contribution in [2.45, 2.75) is 63.0 Å². The summed E-state index contributed by atoms with van der Waals surface area (Å²) < 4.78 is 14.3. The Morgan fingerprint density at radius 2 is 2.06 bits per heavy atom. The highest BCUT2D eigenvalue weighted by molar-refractivity contribution is 7.19. The average Bonchev–Trinajstić information content (AvgIpc) is 3.56. The van der Waals surface area contributed by atoms with E-state index in [0.29, 0.717) is 12.5 Å². The molecule has 3 N–H and O–H groups in total. The molecule has 2 fully saturated rings. The van der Waals surface area contributed by atoms with Crippen LogP contribution >= 0.6 is 11.3 Å². The number of nitrogens with one attached hydrogen (secondary N) is 1. The van der Waals surface area contributed by atoms with Crippen molar-refractivity contribution < 1.29 is 14.3 Å². The van der Waals surface area contributed by atoms with E-state index in [1.54, 1.807) is 11.3 Å². The largest absolute Gasteiger partial charge is 0.490 e. The molecule has 192 valence electrons. The maximum absolute atomic E-state index is 11.8. The van der Waals surface area contributed by atoms with E-state index in [1.165, 1.54) is 10.4 Å². The highest BCUT2D eigenvalue weighted by Gasteiger charge is 2.33. The summed E-state index contributed by atoms with van der Waals surface area (Å²) in [6.07, 6.45) is 11.0. The van der Waals surface area contributed by atoms with Crippen molar-refractivity contribution in [2.24, 2.45) is 12.8 Å². The molecule has 0 spiro atoms. The number of anilines is 2. The summed E-state index contributed by atoms with van der Waals surface area (Å²) >= 11 is 1.74. The molecule has 1 saturated heterocycles. The molecular formula is C27H35N5O3S. The first-order valence-corrected chi connectivity index (χ1v) is 14.0. The Hall–Kier alpha value is -2.62. The van der Waals surface area contributed by atoms with Crippen molar-refractivity contribution in [3.63, 3.8) is 0 Å². The molecule has 1 saturated carbocycles. The first kappa shape index (κ1) is 23.8. The highest BCUT2D eigenvalue weighted by Crippen LogP contribution is 2.49. The van der Waals surface area contributed by atoms with E-state index in [4.69, 9.17) is 20.2 Å². The van der Waals surface area contributed by atoms with Gasteiger partial charge < -0.3 is 25.1 Å². The van der Waals surface area contributed by atoms with Gasteiger partial charge >= 0.3 is 0 Å². The van der Waals surface area contributed by atoms with Crippen molar-refractivity contribution in [1.82, 2.24) is 14.5 Å². The van der Waals surface area contributed by atoms with Crippen LogP contribution in [0, 0.1) is 0 Å². The van der Waals surface area contributed by atoms with Crippen LogP contribution in [0.5, 0.6) is 5.75 Å². The summed E-state index contributed by atoms with van der Waals surface area (Å²) in [7, 11) is 2.01. The molecule has 3 aromatic rings. The number of primary amides is 1. The lowest BCUT2D eigenvalue weighted by atomic mass is 9.91. The predicted octanol–water partition coefficient (Wildman–Crippen LogP) is 4.31. The molecule has 1 atom stereocenters. The zero-order valence-corrected chi connectivity index (χ0v) is 21.7. The molecule has 36 heavy (non-hydrogen) atoms. The van der Waals surface area contributed by atoms with Crippen molar-refractivity contribution in [1.29, 1.82) is 0 Å². The van der Waals surface area contributed by atoms with Crippen LogP contribution in [-0.2, 0) is 23.0 Å². The minimum absolute atomic E-state index is 0.153. The van der Waals surface area contributed by atoms with Gasteiger partial charge in [0, 0.05) is 55.9 Å². The van der Waals surface area contributed by atoms with Gasteiger partial charge in [-0.3, -0.25) is 9.69 Å². The van der Waals surface area contributed by atoms with Gasteiger partial charge in [-0.25, -0.2) is 4.98 Å². The second-order valence-corrected chi connectivity index (χ2v) is 11.5. The number of rotatable bonds is 7. The van der Waals surface area contributed by atoms with Crippen LogP contribution in [0.3, 0.4) is 0 Å². The Morgan fingerprint density at radius 3 is 2.78 bits per heavy atom. The molecule has 1 aliphatic heterocycles. The topological polar surface area (TPSA) is 94.6 Å². The molecular weight excluding hydrogens is 474 g/mol. The number of aryl methyl sites for hydroxylation is 2. The predicted molar refractivity (Wildman–Crippen MR) is 142 cm³/mol. The highest BCUT2D eigenvalue weighted by atomic mass is 32.1. The molecule has 0 aromatic carbocycles. The number of carbonyl (C=O) groups is 1. The van der Waals surface area contributed by atoms with Crippen LogP contribution in [0.25, 0.3) is 10.2 Å². The lowest BCUT2D eigenvalue weighted by molar-refractivity contribution is -0.118. The van der Waals surface area contributed by atoms with Crippen molar-refractivity contribution in [3.05, 3.63) is 35.0 Å². The van der Waals surface area contributed by atoms with Crippen LogP contribution in [0.1, 0.15) is 54.9 Å².